The Balaban J connectivity index is 5.00. The average Bonchev–Trinajstić information content (AvgIpc) is 1.96. The van der Waals surface area contributed by atoms with Crippen LogP contribution in [0.15, 0.2) is 11.1 Å². The highest BCUT2D eigenvalue weighted by atomic mass is 16.4. The summed E-state index contributed by atoms with van der Waals surface area (Å²) in [5.41, 5.74) is 6.69. The summed E-state index contributed by atoms with van der Waals surface area (Å²) in [6.07, 6.45) is 0.654. The van der Waals surface area contributed by atoms with E-state index in [0.29, 0.717) is 18.5 Å². The number of nitrogens with two attached hydrogens (primary N) is 1. The van der Waals surface area contributed by atoms with Crippen molar-refractivity contribution < 1.29 is 9.90 Å². The molecule has 0 aromatic rings. The van der Waals surface area contributed by atoms with Gasteiger partial charge in [-0.2, -0.15) is 0 Å². The molecule has 0 aliphatic rings. The fourth-order valence-electron chi connectivity index (χ4n) is 1.40. The largest absolute Gasteiger partial charge is 0.478 e. The van der Waals surface area contributed by atoms with Crippen LogP contribution in [0.1, 0.15) is 34.1 Å². The molecule has 0 aliphatic heterocycles. The van der Waals surface area contributed by atoms with Gasteiger partial charge in [-0.25, -0.2) is 4.79 Å². The van der Waals surface area contributed by atoms with E-state index in [4.69, 9.17) is 10.8 Å². The summed E-state index contributed by atoms with van der Waals surface area (Å²) in [7, 11) is 0. The molecule has 0 amide bonds. The third-order valence-electron chi connectivity index (χ3n) is 2.07. The Labute approximate surface area is 79.6 Å². The molecule has 0 spiro atoms. The molecule has 3 N–H and O–H groups in total. The fourth-order valence-corrected chi connectivity index (χ4v) is 1.40. The smallest absolute Gasteiger partial charge is 0.331 e. The maximum Gasteiger partial charge on any atom is 0.331 e. The van der Waals surface area contributed by atoms with Crippen LogP contribution in [-0.4, -0.2) is 17.6 Å². The van der Waals surface area contributed by atoms with Crippen LogP contribution in [0.2, 0.25) is 0 Å². The van der Waals surface area contributed by atoms with Crippen LogP contribution in [0.5, 0.6) is 0 Å². The molecule has 0 rings (SSSR count). The molecule has 0 atom stereocenters. The molecule has 0 radical (unpaired) electrons. The molecule has 0 bridgehead atoms. The van der Waals surface area contributed by atoms with Gasteiger partial charge in [0.15, 0.2) is 0 Å². The van der Waals surface area contributed by atoms with Gasteiger partial charge in [0.25, 0.3) is 0 Å². The second-order valence-corrected chi connectivity index (χ2v) is 4.20. The topological polar surface area (TPSA) is 63.3 Å². The second-order valence-electron chi connectivity index (χ2n) is 4.20. The number of hydrogen-bond acceptors (Lipinski definition) is 2. The van der Waals surface area contributed by atoms with Gasteiger partial charge in [-0.15, -0.1) is 0 Å². The van der Waals surface area contributed by atoms with Crippen molar-refractivity contribution in [1.29, 1.82) is 0 Å². The molecule has 0 heterocycles. The summed E-state index contributed by atoms with van der Waals surface area (Å²) in [4.78, 5) is 10.8. The van der Waals surface area contributed by atoms with E-state index in [0.717, 1.165) is 5.57 Å². The van der Waals surface area contributed by atoms with Gasteiger partial charge in [0, 0.05) is 5.57 Å². The highest BCUT2D eigenvalue weighted by Gasteiger charge is 2.21. The van der Waals surface area contributed by atoms with E-state index in [-0.39, 0.29) is 5.41 Å². The monoisotopic (exact) mass is 185 g/mol. The molecule has 3 nitrogen and oxygen atoms in total. The lowest BCUT2D eigenvalue weighted by Crippen LogP contribution is -2.18. The van der Waals surface area contributed by atoms with Crippen molar-refractivity contribution in [2.45, 2.75) is 34.1 Å². The first kappa shape index (κ1) is 12.2. The molecule has 13 heavy (non-hydrogen) atoms. The molecular formula is C10H19NO2. The molecule has 0 saturated heterocycles. The number of carbonyl (C=O) groups is 1. The minimum Gasteiger partial charge on any atom is -0.478 e. The van der Waals surface area contributed by atoms with Gasteiger partial charge in [-0.05, 0) is 25.3 Å². The van der Waals surface area contributed by atoms with Crippen LogP contribution in [0.3, 0.4) is 0 Å². The molecule has 0 aromatic carbocycles. The van der Waals surface area contributed by atoms with Crippen molar-refractivity contribution in [3.8, 4) is 0 Å². The summed E-state index contributed by atoms with van der Waals surface area (Å²) < 4.78 is 0. The molecule has 76 valence electrons. The van der Waals surface area contributed by atoms with E-state index in [2.05, 4.69) is 0 Å². The lowest BCUT2D eigenvalue weighted by Gasteiger charge is -2.24. The van der Waals surface area contributed by atoms with Gasteiger partial charge < -0.3 is 10.8 Å². The molecule has 0 saturated carbocycles. The summed E-state index contributed by atoms with van der Waals surface area (Å²) in [5, 5.41) is 8.84. The number of carboxylic acid groups (broad SMARTS) is 1. The molecular weight excluding hydrogens is 166 g/mol. The van der Waals surface area contributed by atoms with Gasteiger partial charge in [-0.1, -0.05) is 26.3 Å². The number of carboxylic acids is 1. The van der Waals surface area contributed by atoms with Gasteiger partial charge in [-0.3, -0.25) is 0 Å². The molecule has 0 unspecified atom stereocenters. The minimum absolute atomic E-state index is 0.109. The molecule has 3 heteroatoms. The van der Waals surface area contributed by atoms with Gasteiger partial charge in [0.2, 0.25) is 0 Å². The van der Waals surface area contributed by atoms with E-state index in [9.17, 15) is 4.79 Å². The Kier molecular flexibility index (Phi) is 4.14. The first-order valence-electron chi connectivity index (χ1n) is 4.44. The first-order valence-corrected chi connectivity index (χ1v) is 4.44. The zero-order valence-corrected chi connectivity index (χ0v) is 8.85. The van der Waals surface area contributed by atoms with Crippen LogP contribution in [-0.2, 0) is 4.79 Å². The zero-order chi connectivity index (χ0) is 10.6. The van der Waals surface area contributed by atoms with Crippen molar-refractivity contribution in [3.05, 3.63) is 11.1 Å². The Bertz CT molecular complexity index is 224. The van der Waals surface area contributed by atoms with E-state index < -0.39 is 5.97 Å². The average molecular weight is 185 g/mol. The predicted molar refractivity (Wildman–Crippen MR) is 53.5 cm³/mol. The summed E-state index contributed by atoms with van der Waals surface area (Å²) in [5.74, 6) is -0.849. The van der Waals surface area contributed by atoms with Gasteiger partial charge >= 0.3 is 5.97 Å². The van der Waals surface area contributed by atoms with Crippen LogP contribution < -0.4 is 5.73 Å². The van der Waals surface area contributed by atoms with Gasteiger partial charge in [0.1, 0.15) is 0 Å². The fraction of sp³-hybridized carbons (Fsp3) is 0.700. The SMILES string of the molecule is CC(C(=O)O)=C(CCN)C(C)(C)C. The predicted octanol–water partition coefficient (Wildman–Crippen LogP) is 1.78. The van der Waals surface area contributed by atoms with Crippen molar-refractivity contribution in [2.24, 2.45) is 11.1 Å². The third kappa shape index (κ3) is 3.59. The van der Waals surface area contributed by atoms with E-state index in [1.54, 1.807) is 6.92 Å². The number of aliphatic carboxylic acids is 1. The summed E-state index contributed by atoms with van der Waals surface area (Å²) >= 11 is 0. The quantitative estimate of drug-likeness (QED) is 0.659. The Morgan fingerprint density at radius 2 is 1.85 bits per heavy atom. The number of rotatable bonds is 3. The standard InChI is InChI=1S/C10H19NO2/c1-7(9(12)13)8(5-6-11)10(2,3)4/h5-6,11H2,1-4H3,(H,12,13). The van der Waals surface area contributed by atoms with Crippen LogP contribution >= 0.6 is 0 Å². The molecule has 0 aliphatic carbocycles. The summed E-state index contributed by atoms with van der Waals surface area (Å²) in [6.45, 7) is 8.15. The normalized spacial score (nSPS) is 13.9. The van der Waals surface area contributed by atoms with Crippen LogP contribution in [0.4, 0.5) is 0 Å². The van der Waals surface area contributed by atoms with Crippen LogP contribution in [0, 0.1) is 5.41 Å². The lowest BCUT2D eigenvalue weighted by atomic mass is 9.81. The first-order chi connectivity index (χ1) is 5.80. The van der Waals surface area contributed by atoms with Gasteiger partial charge in [0.05, 0.1) is 0 Å². The highest BCUT2D eigenvalue weighted by molar-refractivity contribution is 5.87. The number of hydrogen-bond donors (Lipinski definition) is 2. The van der Waals surface area contributed by atoms with Crippen molar-refractivity contribution in [1.82, 2.24) is 0 Å². The van der Waals surface area contributed by atoms with Crippen molar-refractivity contribution in [2.75, 3.05) is 6.54 Å². The Hall–Kier alpha value is -0.830. The molecule has 0 fully saturated rings. The maximum absolute atomic E-state index is 10.8. The van der Waals surface area contributed by atoms with Crippen molar-refractivity contribution >= 4 is 5.97 Å². The highest BCUT2D eigenvalue weighted by Crippen LogP contribution is 2.30. The lowest BCUT2D eigenvalue weighted by molar-refractivity contribution is -0.132. The van der Waals surface area contributed by atoms with Crippen molar-refractivity contribution in [3.63, 3.8) is 0 Å². The second kappa shape index (κ2) is 4.42. The minimum atomic E-state index is -0.849. The Morgan fingerprint density at radius 3 is 2.08 bits per heavy atom. The maximum atomic E-state index is 10.8. The third-order valence-corrected chi connectivity index (χ3v) is 2.07. The zero-order valence-electron chi connectivity index (χ0n) is 8.85. The van der Waals surface area contributed by atoms with Crippen LogP contribution in [0.25, 0.3) is 0 Å². The Morgan fingerprint density at radius 1 is 1.38 bits per heavy atom. The molecule has 0 aromatic heterocycles. The van der Waals surface area contributed by atoms with E-state index >= 15 is 0 Å². The summed E-state index contributed by atoms with van der Waals surface area (Å²) in [6, 6.07) is 0. The van der Waals surface area contributed by atoms with E-state index in [1.807, 2.05) is 20.8 Å². The van der Waals surface area contributed by atoms with E-state index in [1.165, 1.54) is 0 Å².